The molecule has 6 atom stereocenters. The molecule has 12 nitrogen and oxygen atoms in total. The number of Topliss-reactive ketones (excluding diaryl/α,β-unsaturated/α-hetero) is 1. The predicted octanol–water partition coefficient (Wildman–Crippen LogP) is 1.95. The Balaban J connectivity index is 1.26. The van der Waals surface area contributed by atoms with Crippen LogP contribution in [0.5, 0.6) is 28.7 Å². The molecular formula is C30H28O12. The molecule has 5 rings (SSSR count). The third-order valence-corrected chi connectivity index (χ3v) is 6.85. The molecule has 2 heterocycles. The standard InChI is InChI=1S/C30H28O12/c31-17-6-1-15(2-7-17)3-10-25(35)39-14-24-27(36)28(37)29(38)30(42-24)40-19-11-20(33)26-21(34)13-22(41-23(26)12-19)16-4-8-18(32)9-5-16/h1-12,22,24,27-33,36-38H,13-14H2/b10-3+/t22-,24-,27+,28-,29+,30+/m0/s1. The predicted molar refractivity (Wildman–Crippen MR) is 144 cm³/mol. The van der Waals surface area contributed by atoms with Gasteiger partial charge in [0.25, 0.3) is 0 Å². The largest absolute Gasteiger partial charge is 0.508 e. The van der Waals surface area contributed by atoms with Crippen LogP contribution in [0.1, 0.15) is 34.0 Å². The van der Waals surface area contributed by atoms with Crippen molar-refractivity contribution in [2.24, 2.45) is 0 Å². The van der Waals surface area contributed by atoms with Crippen molar-refractivity contribution < 1.29 is 59.2 Å². The number of aliphatic hydroxyl groups excluding tert-OH is 3. The monoisotopic (exact) mass is 580 g/mol. The van der Waals surface area contributed by atoms with Gasteiger partial charge in [-0.3, -0.25) is 4.79 Å². The first-order chi connectivity index (χ1) is 20.1. The number of fused-ring (bicyclic) bond motifs is 1. The maximum absolute atomic E-state index is 12.8. The quantitative estimate of drug-likeness (QED) is 0.176. The Morgan fingerprint density at radius 2 is 1.57 bits per heavy atom. The van der Waals surface area contributed by atoms with Crippen molar-refractivity contribution in [3.05, 3.63) is 83.4 Å². The van der Waals surface area contributed by atoms with E-state index in [0.717, 1.165) is 12.1 Å². The molecule has 0 spiro atoms. The number of benzene rings is 3. The fourth-order valence-corrected chi connectivity index (χ4v) is 4.61. The summed E-state index contributed by atoms with van der Waals surface area (Å²) in [7, 11) is 0. The zero-order valence-corrected chi connectivity index (χ0v) is 21.9. The number of esters is 1. The first kappa shape index (κ1) is 28.9. The second-order valence-electron chi connectivity index (χ2n) is 9.83. The maximum atomic E-state index is 12.8. The first-order valence-electron chi connectivity index (χ1n) is 12.9. The molecule has 0 bridgehead atoms. The number of phenolic OH excluding ortho intramolecular Hbond substituents is 3. The minimum Gasteiger partial charge on any atom is -0.508 e. The van der Waals surface area contributed by atoms with Gasteiger partial charge in [-0.25, -0.2) is 4.79 Å². The highest BCUT2D eigenvalue weighted by atomic mass is 16.7. The highest BCUT2D eigenvalue weighted by molar-refractivity contribution is 6.02. The fourth-order valence-electron chi connectivity index (χ4n) is 4.61. The molecule has 1 saturated heterocycles. The molecule has 0 saturated carbocycles. The van der Waals surface area contributed by atoms with Crippen LogP contribution >= 0.6 is 0 Å². The molecule has 220 valence electrons. The van der Waals surface area contributed by atoms with Crippen molar-refractivity contribution in [3.8, 4) is 28.7 Å². The normalized spacial score (nSPS) is 25.5. The molecule has 12 heteroatoms. The summed E-state index contributed by atoms with van der Waals surface area (Å²) in [6.45, 7) is -0.495. The van der Waals surface area contributed by atoms with Crippen LogP contribution in [0.25, 0.3) is 6.08 Å². The van der Waals surface area contributed by atoms with Crippen molar-refractivity contribution in [2.45, 2.75) is 43.2 Å². The van der Waals surface area contributed by atoms with Crippen LogP contribution in [0.2, 0.25) is 0 Å². The highest BCUT2D eigenvalue weighted by Crippen LogP contribution is 2.42. The number of ketones is 1. The Labute approximate surface area is 239 Å². The molecule has 1 fully saturated rings. The summed E-state index contributed by atoms with van der Waals surface area (Å²) in [5.41, 5.74) is 1.19. The van der Waals surface area contributed by atoms with Crippen LogP contribution in [0.15, 0.2) is 66.7 Å². The van der Waals surface area contributed by atoms with E-state index in [1.807, 2.05) is 0 Å². The van der Waals surface area contributed by atoms with Crippen molar-refractivity contribution in [1.29, 1.82) is 0 Å². The van der Waals surface area contributed by atoms with Crippen LogP contribution < -0.4 is 9.47 Å². The molecule has 0 aromatic heterocycles. The smallest absolute Gasteiger partial charge is 0.330 e. The summed E-state index contributed by atoms with van der Waals surface area (Å²) < 4.78 is 22.3. The van der Waals surface area contributed by atoms with Gasteiger partial charge in [0.2, 0.25) is 6.29 Å². The van der Waals surface area contributed by atoms with Crippen LogP contribution in [0, 0.1) is 0 Å². The summed E-state index contributed by atoms with van der Waals surface area (Å²) in [4.78, 5) is 25.0. The van der Waals surface area contributed by atoms with Gasteiger partial charge in [0, 0.05) is 18.2 Å². The number of hydrogen-bond acceptors (Lipinski definition) is 12. The van der Waals surface area contributed by atoms with E-state index in [-0.39, 0.29) is 40.8 Å². The average Bonchev–Trinajstić information content (AvgIpc) is 2.96. The van der Waals surface area contributed by atoms with E-state index in [4.69, 9.17) is 18.9 Å². The molecule has 0 unspecified atom stereocenters. The van der Waals surface area contributed by atoms with E-state index in [9.17, 15) is 40.2 Å². The Kier molecular flexibility index (Phi) is 8.31. The topological polar surface area (TPSA) is 192 Å². The van der Waals surface area contributed by atoms with Gasteiger partial charge < -0.3 is 49.6 Å². The summed E-state index contributed by atoms with van der Waals surface area (Å²) in [6.07, 6.45) is -6.12. The number of ether oxygens (including phenoxy) is 4. The third kappa shape index (κ3) is 6.31. The van der Waals surface area contributed by atoms with Crippen LogP contribution in [0.3, 0.4) is 0 Å². The van der Waals surface area contributed by atoms with E-state index >= 15 is 0 Å². The lowest BCUT2D eigenvalue weighted by Crippen LogP contribution is -2.60. The van der Waals surface area contributed by atoms with Crippen LogP contribution in [-0.4, -0.2) is 79.7 Å². The number of aliphatic hydroxyl groups is 3. The number of phenols is 3. The van der Waals surface area contributed by atoms with Gasteiger partial charge in [-0.1, -0.05) is 24.3 Å². The van der Waals surface area contributed by atoms with Gasteiger partial charge in [-0.05, 0) is 41.5 Å². The average molecular weight is 581 g/mol. The minimum atomic E-state index is -1.73. The number of aromatic hydroxyl groups is 3. The van der Waals surface area contributed by atoms with Gasteiger partial charge in [0.15, 0.2) is 5.78 Å². The van der Waals surface area contributed by atoms with Crippen molar-refractivity contribution in [2.75, 3.05) is 6.61 Å². The van der Waals surface area contributed by atoms with E-state index in [1.165, 1.54) is 36.4 Å². The molecule has 6 N–H and O–H groups in total. The first-order valence-corrected chi connectivity index (χ1v) is 12.9. The lowest BCUT2D eigenvalue weighted by Gasteiger charge is -2.40. The molecule has 3 aromatic rings. The molecule has 2 aliphatic rings. The lowest BCUT2D eigenvalue weighted by molar-refractivity contribution is -0.278. The number of carbonyl (C=O) groups is 2. The third-order valence-electron chi connectivity index (χ3n) is 6.85. The number of carbonyl (C=O) groups excluding carboxylic acids is 2. The molecule has 0 radical (unpaired) electrons. The van der Waals surface area contributed by atoms with E-state index in [1.54, 1.807) is 24.3 Å². The van der Waals surface area contributed by atoms with Crippen LogP contribution in [-0.2, 0) is 14.3 Å². The van der Waals surface area contributed by atoms with Gasteiger partial charge in [0.1, 0.15) is 71.4 Å². The molecule has 3 aromatic carbocycles. The summed E-state index contributed by atoms with van der Waals surface area (Å²) in [5, 5.41) is 60.7. The number of rotatable bonds is 7. The fraction of sp³-hybridized carbons (Fsp3) is 0.267. The zero-order chi connectivity index (χ0) is 30.0. The summed E-state index contributed by atoms with van der Waals surface area (Å²) >= 11 is 0. The van der Waals surface area contributed by atoms with E-state index in [0.29, 0.717) is 11.1 Å². The second kappa shape index (κ2) is 12.1. The van der Waals surface area contributed by atoms with Crippen molar-refractivity contribution >= 4 is 17.8 Å². The Hall–Kier alpha value is -4.62. The minimum absolute atomic E-state index is 0.0103. The van der Waals surface area contributed by atoms with E-state index in [2.05, 4.69) is 0 Å². The van der Waals surface area contributed by atoms with Crippen molar-refractivity contribution in [1.82, 2.24) is 0 Å². The molecule has 0 amide bonds. The Bertz CT molecular complexity index is 1470. The number of hydrogen-bond donors (Lipinski definition) is 6. The molecule has 0 aliphatic carbocycles. The zero-order valence-electron chi connectivity index (χ0n) is 21.9. The Morgan fingerprint density at radius 3 is 2.26 bits per heavy atom. The van der Waals surface area contributed by atoms with Gasteiger partial charge in [0.05, 0.1) is 6.42 Å². The second-order valence-corrected chi connectivity index (χ2v) is 9.83. The summed E-state index contributed by atoms with van der Waals surface area (Å²) in [6, 6.07) is 14.6. The Morgan fingerprint density at radius 1 is 0.905 bits per heavy atom. The summed E-state index contributed by atoms with van der Waals surface area (Å²) in [5.74, 6) is -1.55. The molecular weight excluding hydrogens is 552 g/mol. The van der Waals surface area contributed by atoms with Gasteiger partial charge >= 0.3 is 5.97 Å². The molecule has 2 aliphatic heterocycles. The molecule has 42 heavy (non-hydrogen) atoms. The SMILES string of the molecule is O=C(/C=C/c1ccc(O)cc1)OC[C@@H]1O[C@@H](Oc2cc(O)c3c(c2)O[C@H](c2ccc(O)cc2)CC3=O)[C@H](O)[C@@H](O)[C@@H]1O. The van der Waals surface area contributed by atoms with Crippen molar-refractivity contribution in [3.63, 3.8) is 0 Å². The van der Waals surface area contributed by atoms with E-state index < -0.39 is 55.1 Å². The lowest BCUT2D eigenvalue weighted by atomic mass is 9.95. The highest BCUT2D eigenvalue weighted by Gasteiger charge is 2.45. The van der Waals surface area contributed by atoms with Crippen LogP contribution in [0.4, 0.5) is 0 Å². The van der Waals surface area contributed by atoms with Gasteiger partial charge in [-0.2, -0.15) is 0 Å². The van der Waals surface area contributed by atoms with Gasteiger partial charge in [-0.15, -0.1) is 0 Å². The maximum Gasteiger partial charge on any atom is 0.330 e.